The van der Waals surface area contributed by atoms with Gasteiger partial charge < -0.3 is 0 Å². The molecule has 0 N–H and O–H groups in total. The monoisotopic (exact) mass is 223 g/mol. The maximum atomic E-state index is 4.14. The Bertz CT molecular complexity index is 291. The van der Waals surface area contributed by atoms with Crippen molar-refractivity contribution < 1.29 is 0 Å². The maximum absolute atomic E-state index is 4.14. The van der Waals surface area contributed by atoms with Crippen LogP contribution in [0.2, 0.25) is 0 Å². The Morgan fingerprint density at radius 1 is 1.31 bits per heavy atom. The molecule has 0 radical (unpaired) electrons. The standard InChI is InChI=1S/C13H25N3/c1-5-6-9-16-13(10-14-15-16)8-7-12(4)11(2)3/h10-12H,5-9H2,1-4H3. The molecule has 1 heterocycles. The molecule has 0 amide bonds. The van der Waals surface area contributed by atoms with Crippen molar-refractivity contribution in [2.24, 2.45) is 11.8 Å². The summed E-state index contributed by atoms with van der Waals surface area (Å²) in [7, 11) is 0. The van der Waals surface area contributed by atoms with Gasteiger partial charge in [-0.1, -0.05) is 39.3 Å². The molecule has 1 rings (SSSR count). The molecule has 0 aromatic carbocycles. The second-order valence-electron chi connectivity index (χ2n) is 5.06. The van der Waals surface area contributed by atoms with Crippen LogP contribution in [0.5, 0.6) is 0 Å². The van der Waals surface area contributed by atoms with Gasteiger partial charge in [0.25, 0.3) is 0 Å². The van der Waals surface area contributed by atoms with Crippen molar-refractivity contribution in [1.29, 1.82) is 0 Å². The van der Waals surface area contributed by atoms with E-state index in [0.29, 0.717) is 0 Å². The van der Waals surface area contributed by atoms with Gasteiger partial charge in [0.05, 0.1) is 11.9 Å². The van der Waals surface area contributed by atoms with Crippen molar-refractivity contribution in [1.82, 2.24) is 15.0 Å². The van der Waals surface area contributed by atoms with Crippen molar-refractivity contribution in [3.05, 3.63) is 11.9 Å². The van der Waals surface area contributed by atoms with Crippen LogP contribution in [0, 0.1) is 11.8 Å². The number of unbranched alkanes of at least 4 members (excludes halogenated alkanes) is 1. The highest BCUT2D eigenvalue weighted by molar-refractivity contribution is 4.94. The van der Waals surface area contributed by atoms with Gasteiger partial charge in [0, 0.05) is 6.54 Å². The molecule has 92 valence electrons. The molecule has 0 saturated heterocycles. The van der Waals surface area contributed by atoms with Gasteiger partial charge in [-0.25, -0.2) is 4.68 Å². The van der Waals surface area contributed by atoms with Crippen molar-refractivity contribution in [2.75, 3.05) is 0 Å². The van der Waals surface area contributed by atoms with Gasteiger partial charge in [0.1, 0.15) is 0 Å². The minimum absolute atomic E-state index is 0.764. The zero-order chi connectivity index (χ0) is 12.0. The molecule has 0 aliphatic rings. The molecule has 0 bridgehead atoms. The molecule has 0 saturated carbocycles. The molecule has 0 aliphatic heterocycles. The summed E-state index contributed by atoms with van der Waals surface area (Å²) >= 11 is 0. The lowest BCUT2D eigenvalue weighted by Crippen LogP contribution is -2.09. The van der Waals surface area contributed by atoms with Crippen LogP contribution in [0.15, 0.2) is 6.20 Å². The van der Waals surface area contributed by atoms with E-state index in [0.717, 1.165) is 24.8 Å². The van der Waals surface area contributed by atoms with Gasteiger partial charge in [-0.05, 0) is 31.1 Å². The van der Waals surface area contributed by atoms with Crippen LogP contribution in [0.1, 0.15) is 52.7 Å². The van der Waals surface area contributed by atoms with E-state index >= 15 is 0 Å². The number of aryl methyl sites for hydroxylation is 2. The van der Waals surface area contributed by atoms with Crippen molar-refractivity contribution in [3.63, 3.8) is 0 Å². The normalized spacial score (nSPS) is 13.3. The number of nitrogens with zero attached hydrogens (tertiary/aromatic N) is 3. The molecule has 16 heavy (non-hydrogen) atoms. The van der Waals surface area contributed by atoms with Gasteiger partial charge in [-0.2, -0.15) is 0 Å². The highest BCUT2D eigenvalue weighted by Crippen LogP contribution is 2.16. The Balaban J connectivity index is 2.44. The Morgan fingerprint density at radius 2 is 2.06 bits per heavy atom. The highest BCUT2D eigenvalue weighted by atomic mass is 15.4. The van der Waals surface area contributed by atoms with Gasteiger partial charge >= 0.3 is 0 Å². The number of rotatable bonds is 7. The zero-order valence-electron chi connectivity index (χ0n) is 11.1. The fraction of sp³-hybridized carbons (Fsp3) is 0.846. The molecular weight excluding hydrogens is 198 g/mol. The predicted molar refractivity (Wildman–Crippen MR) is 67.3 cm³/mol. The summed E-state index contributed by atoms with van der Waals surface area (Å²) in [6.07, 6.45) is 6.66. The Morgan fingerprint density at radius 3 is 2.69 bits per heavy atom. The third-order valence-electron chi connectivity index (χ3n) is 3.42. The number of aromatic nitrogens is 3. The van der Waals surface area contributed by atoms with Crippen LogP contribution in [-0.2, 0) is 13.0 Å². The van der Waals surface area contributed by atoms with Crippen LogP contribution in [0.3, 0.4) is 0 Å². The molecule has 1 aromatic heterocycles. The van der Waals surface area contributed by atoms with E-state index in [4.69, 9.17) is 0 Å². The summed E-state index contributed by atoms with van der Waals surface area (Å²) in [6, 6.07) is 0. The minimum Gasteiger partial charge on any atom is -0.249 e. The predicted octanol–water partition coefficient (Wildman–Crippen LogP) is 3.30. The lowest BCUT2D eigenvalue weighted by Gasteiger charge is -2.15. The Kier molecular flexibility index (Phi) is 5.50. The van der Waals surface area contributed by atoms with Gasteiger partial charge in [0.2, 0.25) is 0 Å². The van der Waals surface area contributed by atoms with E-state index in [1.54, 1.807) is 0 Å². The van der Waals surface area contributed by atoms with Crippen LogP contribution in [-0.4, -0.2) is 15.0 Å². The van der Waals surface area contributed by atoms with Crippen molar-refractivity contribution in [3.8, 4) is 0 Å². The van der Waals surface area contributed by atoms with Crippen molar-refractivity contribution in [2.45, 2.75) is 59.9 Å². The maximum Gasteiger partial charge on any atom is 0.0725 e. The summed E-state index contributed by atoms with van der Waals surface area (Å²) in [5.41, 5.74) is 1.29. The Hall–Kier alpha value is -0.860. The molecule has 1 atom stereocenters. The minimum atomic E-state index is 0.764. The van der Waals surface area contributed by atoms with E-state index < -0.39 is 0 Å². The SMILES string of the molecule is CCCCn1nncc1CCC(C)C(C)C. The third kappa shape index (κ3) is 3.95. The summed E-state index contributed by atoms with van der Waals surface area (Å²) in [5.74, 6) is 1.54. The van der Waals surface area contributed by atoms with Crippen LogP contribution < -0.4 is 0 Å². The van der Waals surface area contributed by atoms with Crippen LogP contribution in [0.4, 0.5) is 0 Å². The van der Waals surface area contributed by atoms with Crippen molar-refractivity contribution >= 4 is 0 Å². The van der Waals surface area contributed by atoms with Crippen LogP contribution >= 0.6 is 0 Å². The van der Waals surface area contributed by atoms with E-state index in [2.05, 4.69) is 42.7 Å². The zero-order valence-corrected chi connectivity index (χ0v) is 11.1. The average Bonchev–Trinajstić information content (AvgIpc) is 2.70. The second kappa shape index (κ2) is 6.66. The Labute approximate surface area is 99.2 Å². The molecule has 3 heteroatoms. The number of hydrogen-bond donors (Lipinski definition) is 0. The lowest BCUT2D eigenvalue weighted by atomic mass is 9.93. The fourth-order valence-electron chi connectivity index (χ4n) is 1.68. The topological polar surface area (TPSA) is 30.7 Å². The molecular formula is C13H25N3. The summed E-state index contributed by atoms with van der Waals surface area (Å²) in [5, 5.41) is 8.15. The third-order valence-corrected chi connectivity index (χ3v) is 3.42. The van der Waals surface area contributed by atoms with Crippen LogP contribution in [0.25, 0.3) is 0 Å². The molecule has 0 fully saturated rings. The quantitative estimate of drug-likeness (QED) is 0.710. The number of hydrogen-bond acceptors (Lipinski definition) is 2. The first-order chi connectivity index (χ1) is 7.65. The summed E-state index contributed by atoms with van der Waals surface area (Å²) < 4.78 is 2.07. The molecule has 1 unspecified atom stereocenters. The largest absolute Gasteiger partial charge is 0.249 e. The first kappa shape index (κ1) is 13.2. The van der Waals surface area contributed by atoms with E-state index in [1.807, 2.05) is 6.20 Å². The smallest absolute Gasteiger partial charge is 0.0725 e. The van der Waals surface area contributed by atoms with E-state index in [-0.39, 0.29) is 0 Å². The molecule has 0 aliphatic carbocycles. The molecule has 3 nitrogen and oxygen atoms in total. The first-order valence-electron chi connectivity index (χ1n) is 6.52. The fourth-order valence-corrected chi connectivity index (χ4v) is 1.68. The summed E-state index contributed by atoms with van der Waals surface area (Å²) in [6.45, 7) is 10.1. The van der Waals surface area contributed by atoms with Gasteiger partial charge in [-0.3, -0.25) is 0 Å². The highest BCUT2D eigenvalue weighted by Gasteiger charge is 2.09. The van der Waals surface area contributed by atoms with Gasteiger partial charge in [0.15, 0.2) is 0 Å². The van der Waals surface area contributed by atoms with Gasteiger partial charge in [-0.15, -0.1) is 5.10 Å². The van der Waals surface area contributed by atoms with E-state index in [1.165, 1.54) is 25.0 Å². The molecule has 0 spiro atoms. The lowest BCUT2D eigenvalue weighted by molar-refractivity contribution is 0.386. The molecule has 1 aromatic rings. The average molecular weight is 223 g/mol. The summed E-state index contributed by atoms with van der Waals surface area (Å²) in [4.78, 5) is 0. The van der Waals surface area contributed by atoms with E-state index in [9.17, 15) is 0 Å². The second-order valence-corrected chi connectivity index (χ2v) is 5.06. The first-order valence-corrected chi connectivity index (χ1v) is 6.52.